The van der Waals surface area contributed by atoms with Crippen LogP contribution in [0.2, 0.25) is 5.02 Å². The minimum absolute atomic E-state index is 0.203. The van der Waals surface area contributed by atoms with E-state index in [0.29, 0.717) is 28.1 Å². The third-order valence-electron chi connectivity index (χ3n) is 6.92. The minimum atomic E-state index is -4.55. The summed E-state index contributed by atoms with van der Waals surface area (Å²) >= 11 is 5.88. The van der Waals surface area contributed by atoms with Gasteiger partial charge in [-0.1, -0.05) is 29.8 Å². The predicted octanol–water partition coefficient (Wildman–Crippen LogP) is 5.25. The van der Waals surface area contributed by atoms with Crippen molar-refractivity contribution in [3.63, 3.8) is 0 Å². The van der Waals surface area contributed by atoms with Gasteiger partial charge in [-0.15, -0.1) is 0 Å². The summed E-state index contributed by atoms with van der Waals surface area (Å²) in [6, 6.07) is 16.1. The molecular weight excluding hydrogens is 563 g/mol. The van der Waals surface area contributed by atoms with Crippen LogP contribution in [0.3, 0.4) is 0 Å². The molecule has 1 heterocycles. The van der Waals surface area contributed by atoms with Crippen molar-refractivity contribution in [3.8, 4) is 16.9 Å². The molecule has 1 saturated heterocycles. The molecule has 4 atom stereocenters. The highest BCUT2D eigenvalue weighted by atomic mass is 35.5. The fraction of sp³-hybridized carbons (Fsp3) is 0.367. The monoisotopic (exact) mass is 593 g/mol. The summed E-state index contributed by atoms with van der Waals surface area (Å²) in [5, 5.41) is 24.5. The quantitative estimate of drug-likeness (QED) is 0.330. The first-order valence-electron chi connectivity index (χ1n) is 12.9. The summed E-state index contributed by atoms with van der Waals surface area (Å²) in [4.78, 5) is 12.5. The Bertz CT molecular complexity index is 1370. The third-order valence-corrected chi connectivity index (χ3v) is 7.17. The lowest BCUT2D eigenvalue weighted by Gasteiger charge is -2.46. The van der Waals surface area contributed by atoms with E-state index in [1.54, 1.807) is 62.4 Å². The van der Waals surface area contributed by atoms with Gasteiger partial charge in [0.15, 0.2) is 0 Å². The van der Waals surface area contributed by atoms with Gasteiger partial charge in [0.2, 0.25) is 6.29 Å². The Balaban J connectivity index is 1.60. The van der Waals surface area contributed by atoms with Crippen molar-refractivity contribution in [2.75, 3.05) is 13.7 Å². The maximum Gasteiger partial charge on any atom is 0.416 e. The normalized spacial score (nSPS) is 22.3. The average molecular weight is 594 g/mol. The van der Waals surface area contributed by atoms with Crippen LogP contribution in [0.5, 0.6) is 5.75 Å². The number of benzene rings is 3. The van der Waals surface area contributed by atoms with E-state index in [1.807, 2.05) is 0 Å². The van der Waals surface area contributed by atoms with Gasteiger partial charge in [-0.05, 0) is 85.5 Å². The molecule has 3 aromatic rings. The van der Waals surface area contributed by atoms with Crippen LogP contribution in [0.4, 0.5) is 13.2 Å². The van der Waals surface area contributed by atoms with Gasteiger partial charge < -0.3 is 29.7 Å². The van der Waals surface area contributed by atoms with Crippen LogP contribution in [0.25, 0.3) is 11.1 Å². The summed E-state index contributed by atoms with van der Waals surface area (Å²) in [5.74, 6) is -0.115. The third kappa shape index (κ3) is 7.20. The topological polar surface area (TPSA) is 97.3 Å². The summed E-state index contributed by atoms with van der Waals surface area (Å²) in [7, 11) is 1.39. The molecule has 0 aliphatic carbocycles. The van der Waals surface area contributed by atoms with Crippen molar-refractivity contribution in [2.45, 2.75) is 56.6 Å². The van der Waals surface area contributed by atoms with Crippen molar-refractivity contribution in [3.05, 3.63) is 88.4 Å². The number of alkyl halides is 3. The van der Waals surface area contributed by atoms with Crippen molar-refractivity contribution in [1.29, 1.82) is 0 Å². The molecular formula is C30H31ClF3NO6. The molecule has 0 spiro atoms. The van der Waals surface area contributed by atoms with Gasteiger partial charge in [0.05, 0.1) is 11.2 Å². The van der Waals surface area contributed by atoms with E-state index in [-0.39, 0.29) is 23.8 Å². The molecule has 1 amide bonds. The lowest BCUT2D eigenvalue weighted by atomic mass is 9.89. The number of carbonyl (C=O) groups is 1. The van der Waals surface area contributed by atoms with E-state index < -0.39 is 41.9 Å². The summed E-state index contributed by atoms with van der Waals surface area (Å²) in [6.45, 7) is 3.57. The summed E-state index contributed by atoms with van der Waals surface area (Å²) < 4.78 is 57.6. The first-order valence-corrected chi connectivity index (χ1v) is 13.3. The van der Waals surface area contributed by atoms with Crippen LogP contribution < -0.4 is 10.1 Å². The number of methoxy groups -OCH3 is 1. The van der Waals surface area contributed by atoms with Crippen molar-refractivity contribution in [2.24, 2.45) is 0 Å². The number of hydrogen-bond donors (Lipinski definition) is 3. The van der Waals surface area contributed by atoms with Gasteiger partial charge in [0.1, 0.15) is 24.1 Å². The fourth-order valence-electron chi connectivity index (χ4n) is 4.83. The average Bonchev–Trinajstić information content (AvgIpc) is 2.92. The molecule has 4 rings (SSSR count). The number of aliphatic hydroxyl groups excluding tert-OH is 2. The molecule has 220 valence electrons. The number of aliphatic hydroxyl groups is 2. The zero-order valence-electron chi connectivity index (χ0n) is 22.6. The highest BCUT2D eigenvalue weighted by Gasteiger charge is 2.50. The van der Waals surface area contributed by atoms with Crippen molar-refractivity contribution in [1.82, 2.24) is 5.32 Å². The van der Waals surface area contributed by atoms with Gasteiger partial charge in [0.25, 0.3) is 5.91 Å². The van der Waals surface area contributed by atoms with Crippen LogP contribution in [-0.2, 0) is 22.1 Å². The largest absolute Gasteiger partial charge is 0.462 e. The SMILES string of the molecule is CO[C@@H]1[C@@H](O)[C@@H](O)[C@H](Oc2ccc(CCNC(=O)c3ccc(Cl)cc3)c(-c3cccc(C(F)(F)F)c3)c2)OC1(C)C. The second kappa shape index (κ2) is 12.4. The zero-order chi connectivity index (χ0) is 29.9. The van der Waals surface area contributed by atoms with E-state index in [1.165, 1.54) is 13.2 Å². The minimum Gasteiger partial charge on any atom is -0.462 e. The molecule has 3 aromatic carbocycles. The van der Waals surface area contributed by atoms with Crippen LogP contribution in [0.15, 0.2) is 66.7 Å². The molecule has 0 saturated carbocycles. The van der Waals surface area contributed by atoms with Crippen LogP contribution in [-0.4, -0.2) is 60.0 Å². The Morgan fingerprint density at radius 3 is 2.41 bits per heavy atom. The first kappa shape index (κ1) is 30.8. The molecule has 0 aromatic heterocycles. The van der Waals surface area contributed by atoms with E-state index >= 15 is 0 Å². The Hall–Kier alpha value is -3.15. The molecule has 0 unspecified atom stereocenters. The van der Waals surface area contributed by atoms with Gasteiger partial charge in [-0.25, -0.2) is 0 Å². The lowest BCUT2D eigenvalue weighted by Crippen LogP contribution is -2.63. The number of ether oxygens (including phenoxy) is 3. The van der Waals surface area contributed by atoms with Gasteiger partial charge >= 0.3 is 6.18 Å². The van der Waals surface area contributed by atoms with Gasteiger partial charge in [0, 0.05) is 24.2 Å². The molecule has 1 aliphatic heterocycles. The Morgan fingerprint density at radius 2 is 1.76 bits per heavy atom. The maximum absolute atomic E-state index is 13.5. The number of halogens is 4. The van der Waals surface area contributed by atoms with Gasteiger partial charge in [-0.2, -0.15) is 13.2 Å². The molecule has 3 N–H and O–H groups in total. The first-order chi connectivity index (χ1) is 19.3. The van der Waals surface area contributed by atoms with Crippen LogP contribution in [0.1, 0.15) is 35.3 Å². The lowest BCUT2D eigenvalue weighted by molar-refractivity contribution is -0.305. The van der Waals surface area contributed by atoms with E-state index in [0.717, 1.165) is 12.1 Å². The Morgan fingerprint density at radius 1 is 1.05 bits per heavy atom. The number of nitrogens with one attached hydrogen (secondary N) is 1. The second-order valence-electron chi connectivity index (χ2n) is 10.3. The predicted molar refractivity (Wildman–Crippen MR) is 147 cm³/mol. The molecule has 1 fully saturated rings. The van der Waals surface area contributed by atoms with E-state index in [2.05, 4.69) is 5.32 Å². The van der Waals surface area contributed by atoms with Crippen molar-refractivity contribution < 1.29 is 42.4 Å². The highest BCUT2D eigenvalue weighted by Crippen LogP contribution is 2.36. The number of amides is 1. The maximum atomic E-state index is 13.5. The molecule has 41 heavy (non-hydrogen) atoms. The zero-order valence-corrected chi connectivity index (χ0v) is 23.4. The Kier molecular flexibility index (Phi) is 9.30. The molecule has 1 aliphatic rings. The second-order valence-corrected chi connectivity index (χ2v) is 10.7. The summed E-state index contributed by atoms with van der Waals surface area (Å²) in [5.41, 5.74) is -0.0288. The molecule has 0 radical (unpaired) electrons. The van der Waals surface area contributed by atoms with E-state index in [9.17, 15) is 28.2 Å². The molecule has 7 nitrogen and oxygen atoms in total. The highest BCUT2D eigenvalue weighted by molar-refractivity contribution is 6.30. The number of hydrogen-bond acceptors (Lipinski definition) is 6. The Labute approximate surface area is 240 Å². The standard InChI is InChI=1S/C30H31ClF3NO6/c1-29(2)26(39-3)24(36)25(37)28(41-29)40-22-12-9-17(13-14-35-27(38)18-7-10-21(31)11-8-18)23(16-22)19-5-4-6-20(15-19)30(32,33)34/h4-12,15-16,24-26,28,36-37H,13-14H2,1-3H3,(H,35,38)/t24-,25+,26+,28+/m0/s1. The number of rotatable bonds is 8. The van der Waals surface area contributed by atoms with E-state index in [4.69, 9.17) is 25.8 Å². The van der Waals surface area contributed by atoms with Crippen LogP contribution in [0, 0.1) is 0 Å². The van der Waals surface area contributed by atoms with Crippen molar-refractivity contribution >= 4 is 17.5 Å². The molecule has 11 heteroatoms. The van der Waals surface area contributed by atoms with Gasteiger partial charge in [-0.3, -0.25) is 4.79 Å². The molecule has 0 bridgehead atoms. The fourth-order valence-corrected chi connectivity index (χ4v) is 4.96. The van der Waals surface area contributed by atoms with Crippen LogP contribution >= 0.6 is 11.6 Å². The summed E-state index contributed by atoms with van der Waals surface area (Å²) in [6.07, 6.45) is -9.09. The number of carbonyl (C=O) groups excluding carboxylic acids is 1. The smallest absolute Gasteiger partial charge is 0.416 e.